The Hall–Kier alpha value is -3.47. The number of halogens is 1. The molecule has 1 saturated heterocycles. The first-order chi connectivity index (χ1) is 16.0. The van der Waals surface area contributed by atoms with Crippen molar-refractivity contribution in [3.8, 4) is 0 Å². The van der Waals surface area contributed by atoms with Gasteiger partial charge in [-0.1, -0.05) is 0 Å². The first-order valence-electron chi connectivity index (χ1n) is 11.0. The second-order valence-electron chi connectivity index (χ2n) is 9.22. The van der Waals surface area contributed by atoms with Gasteiger partial charge in [-0.15, -0.1) is 0 Å². The fraction of sp³-hybridized carbons (Fsp3) is 0.455. The number of amides is 1. The van der Waals surface area contributed by atoms with Crippen LogP contribution < -0.4 is 21.5 Å². The largest absolute Gasteiger partial charge is 0.380 e. The number of aromatic nitrogens is 4. The summed E-state index contributed by atoms with van der Waals surface area (Å²) in [6.07, 6.45) is 4.43. The average Bonchev–Trinajstić information content (AvgIpc) is 3.26. The summed E-state index contributed by atoms with van der Waals surface area (Å²) >= 11 is 0. The lowest BCUT2D eigenvalue weighted by molar-refractivity contribution is -0.174. The molecule has 4 heterocycles. The van der Waals surface area contributed by atoms with Gasteiger partial charge in [-0.2, -0.15) is 9.61 Å². The summed E-state index contributed by atoms with van der Waals surface area (Å²) in [4.78, 5) is 30.3. The van der Waals surface area contributed by atoms with Crippen molar-refractivity contribution in [3.05, 3.63) is 46.5 Å². The van der Waals surface area contributed by atoms with Crippen molar-refractivity contribution in [2.75, 3.05) is 30.9 Å². The van der Waals surface area contributed by atoms with Crippen molar-refractivity contribution < 1.29 is 13.9 Å². The molecule has 2 atom stereocenters. The van der Waals surface area contributed by atoms with Gasteiger partial charge in [0.05, 0.1) is 25.5 Å². The number of carbonyl (C=O) groups is 1. The van der Waals surface area contributed by atoms with Crippen LogP contribution >= 0.6 is 0 Å². The van der Waals surface area contributed by atoms with E-state index >= 15 is 0 Å². The van der Waals surface area contributed by atoms with Gasteiger partial charge >= 0.3 is 0 Å². The van der Waals surface area contributed by atoms with Crippen molar-refractivity contribution in [1.82, 2.24) is 24.5 Å². The molecule has 1 spiro atoms. The summed E-state index contributed by atoms with van der Waals surface area (Å²) < 4.78 is 21.8. The van der Waals surface area contributed by atoms with Crippen LogP contribution in [0.5, 0.6) is 0 Å². The minimum absolute atomic E-state index is 0.125. The van der Waals surface area contributed by atoms with Gasteiger partial charge in [0.1, 0.15) is 29.1 Å². The first-order valence-corrected chi connectivity index (χ1v) is 11.0. The Kier molecular flexibility index (Phi) is 4.44. The summed E-state index contributed by atoms with van der Waals surface area (Å²) in [6, 6.07) is 4.96. The van der Waals surface area contributed by atoms with Gasteiger partial charge in [0.25, 0.3) is 11.5 Å². The van der Waals surface area contributed by atoms with Crippen molar-refractivity contribution in [3.63, 3.8) is 0 Å². The quantitative estimate of drug-likeness (QED) is 0.522. The number of nitrogens with one attached hydrogen (secondary N) is 3. The van der Waals surface area contributed by atoms with E-state index in [1.54, 1.807) is 23.7 Å². The van der Waals surface area contributed by atoms with E-state index < -0.39 is 18.1 Å². The van der Waals surface area contributed by atoms with Gasteiger partial charge < -0.3 is 25.3 Å². The number of carbonyl (C=O) groups excluding carboxylic acids is 1. The molecule has 3 aromatic heterocycles. The van der Waals surface area contributed by atoms with Crippen molar-refractivity contribution >= 4 is 28.9 Å². The number of nitrogens with zero attached hydrogens (tertiary/aromatic N) is 4. The summed E-state index contributed by atoms with van der Waals surface area (Å²) in [7, 11) is 1.73. The molecule has 3 fully saturated rings. The van der Waals surface area contributed by atoms with E-state index in [2.05, 4.69) is 26.0 Å². The van der Waals surface area contributed by atoms with Crippen LogP contribution in [0.15, 0.2) is 35.4 Å². The molecule has 0 bridgehead atoms. The standard InChI is InChI=1S/C22H24FN7O3/c1-24-18-6-17(28-19-13(9-25-30(18)19)20(31)27-16-5-14(16)23)26-15-3-2-4-29(21(15)32)12-7-22(8-12)10-33-11-22/h2-4,6,9,12,14,16,24H,5,7-8,10-11H2,1H3,(H,26,28)(H,27,31). The molecule has 10 nitrogen and oxygen atoms in total. The zero-order chi connectivity index (χ0) is 22.7. The second-order valence-corrected chi connectivity index (χ2v) is 9.22. The summed E-state index contributed by atoms with van der Waals surface area (Å²) in [5.41, 5.74) is 1.07. The average molecular weight is 453 g/mol. The maximum absolute atomic E-state index is 13.2. The summed E-state index contributed by atoms with van der Waals surface area (Å²) in [5.74, 6) is 0.546. The molecule has 172 valence electrons. The number of alkyl halides is 1. The molecular weight excluding hydrogens is 429 g/mol. The Labute approximate surface area is 188 Å². The number of rotatable bonds is 6. The molecule has 33 heavy (non-hydrogen) atoms. The van der Waals surface area contributed by atoms with Crippen LogP contribution in [0.25, 0.3) is 5.65 Å². The van der Waals surface area contributed by atoms with E-state index in [0.717, 1.165) is 26.1 Å². The third kappa shape index (κ3) is 3.34. The van der Waals surface area contributed by atoms with Gasteiger partial charge in [0.15, 0.2) is 5.65 Å². The Morgan fingerprint density at radius 3 is 2.79 bits per heavy atom. The van der Waals surface area contributed by atoms with Crippen LogP contribution in [0.4, 0.5) is 21.7 Å². The van der Waals surface area contributed by atoms with Crippen molar-refractivity contribution in [2.24, 2.45) is 5.41 Å². The molecule has 11 heteroatoms. The number of hydrogen-bond donors (Lipinski definition) is 3. The third-order valence-corrected chi connectivity index (χ3v) is 6.79. The number of fused-ring (bicyclic) bond motifs is 1. The Balaban J connectivity index is 1.29. The lowest BCUT2D eigenvalue weighted by Crippen LogP contribution is -2.53. The fourth-order valence-corrected chi connectivity index (χ4v) is 4.72. The van der Waals surface area contributed by atoms with Gasteiger partial charge in [-0.25, -0.2) is 9.37 Å². The third-order valence-electron chi connectivity index (χ3n) is 6.79. The molecule has 2 saturated carbocycles. The highest BCUT2D eigenvalue weighted by Gasteiger charge is 2.50. The summed E-state index contributed by atoms with van der Waals surface area (Å²) in [5, 5.41) is 13.0. The van der Waals surface area contributed by atoms with Gasteiger partial charge in [0.2, 0.25) is 0 Å². The molecule has 3 aliphatic rings. The molecule has 3 aromatic rings. The fourth-order valence-electron chi connectivity index (χ4n) is 4.72. The predicted octanol–water partition coefficient (Wildman–Crippen LogP) is 1.87. The van der Waals surface area contributed by atoms with Gasteiger partial charge in [0, 0.05) is 37.2 Å². The highest BCUT2D eigenvalue weighted by Crippen LogP contribution is 2.52. The minimum Gasteiger partial charge on any atom is -0.380 e. The van der Waals surface area contributed by atoms with Crippen LogP contribution in [0.2, 0.25) is 0 Å². The topological polar surface area (TPSA) is 115 Å². The zero-order valence-electron chi connectivity index (χ0n) is 18.0. The van der Waals surface area contributed by atoms with E-state index in [0.29, 0.717) is 29.4 Å². The summed E-state index contributed by atoms with van der Waals surface area (Å²) in [6.45, 7) is 1.56. The Morgan fingerprint density at radius 2 is 2.12 bits per heavy atom. The Morgan fingerprint density at radius 1 is 1.33 bits per heavy atom. The number of ether oxygens (including phenoxy) is 1. The monoisotopic (exact) mass is 453 g/mol. The van der Waals surface area contributed by atoms with Crippen molar-refractivity contribution in [2.45, 2.75) is 37.5 Å². The van der Waals surface area contributed by atoms with Crippen LogP contribution in [0.3, 0.4) is 0 Å². The van der Waals surface area contributed by atoms with Crippen LogP contribution in [-0.2, 0) is 4.74 Å². The molecule has 1 aliphatic heterocycles. The molecular formula is C22H24FN7O3. The SMILES string of the molecule is CNc1cc(Nc2cccn(C3CC4(COC4)C3)c2=O)nc2c(C(=O)NC3CC3F)cnn12. The number of anilines is 3. The normalized spacial score (nSPS) is 23.1. The maximum Gasteiger partial charge on any atom is 0.274 e. The van der Waals surface area contributed by atoms with E-state index in [-0.39, 0.29) is 22.6 Å². The Bertz CT molecular complexity index is 1310. The van der Waals surface area contributed by atoms with E-state index in [9.17, 15) is 14.0 Å². The van der Waals surface area contributed by atoms with E-state index in [1.807, 2.05) is 12.3 Å². The second kappa shape index (κ2) is 7.27. The van der Waals surface area contributed by atoms with Crippen LogP contribution in [-0.4, -0.2) is 57.5 Å². The highest BCUT2D eigenvalue weighted by atomic mass is 19.1. The van der Waals surface area contributed by atoms with Crippen LogP contribution in [0.1, 0.15) is 35.7 Å². The molecule has 3 N–H and O–H groups in total. The highest BCUT2D eigenvalue weighted by molar-refractivity contribution is 6.00. The molecule has 0 aromatic carbocycles. The molecule has 2 unspecified atom stereocenters. The van der Waals surface area contributed by atoms with E-state index in [4.69, 9.17) is 4.74 Å². The van der Waals surface area contributed by atoms with Crippen molar-refractivity contribution in [1.29, 1.82) is 0 Å². The molecule has 1 amide bonds. The predicted molar refractivity (Wildman–Crippen MR) is 119 cm³/mol. The lowest BCUT2D eigenvalue weighted by atomic mass is 9.64. The van der Waals surface area contributed by atoms with Gasteiger partial charge in [-0.05, 0) is 25.0 Å². The molecule has 0 radical (unpaired) electrons. The zero-order valence-corrected chi connectivity index (χ0v) is 18.0. The van der Waals surface area contributed by atoms with Gasteiger partial charge in [-0.3, -0.25) is 9.59 Å². The molecule has 6 rings (SSSR count). The number of pyridine rings is 1. The van der Waals surface area contributed by atoms with Crippen LogP contribution in [0, 0.1) is 5.41 Å². The minimum atomic E-state index is -1.00. The maximum atomic E-state index is 13.2. The smallest absolute Gasteiger partial charge is 0.274 e. The number of hydrogen-bond acceptors (Lipinski definition) is 7. The first kappa shape index (κ1) is 20.2. The lowest BCUT2D eigenvalue weighted by Gasteiger charge is -2.53. The molecule has 2 aliphatic carbocycles. The van der Waals surface area contributed by atoms with E-state index in [1.165, 1.54) is 10.7 Å².